The van der Waals surface area contributed by atoms with Crippen LogP contribution >= 0.6 is 11.3 Å². The van der Waals surface area contributed by atoms with Crippen molar-refractivity contribution in [3.63, 3.8) is 0 Å². The molecule has 0 unspecified atom stereocenters. The van der Waals surface area contributed by atoms with Gasteiger partial charge in [-0.2, -0.15) is 15.6 Å². The highest BCUT2D eigenvalue weighted by atomic mass is 32.2. The summed E-state index contributed by atoms with van der Waals surface area (Å²) >= 11 is 1.53. The molecule has 1 saturated carbocycles. The summed E-state index contributed by atoms with van der Waals surface area (Å²) in [6.45, 7) is 1.35. The van der Waals surface area contributed by atoms with Crippen LogP contribution < -0.4 is 0 Å². The van der Waals surface area contributed by atoms with Crippen molar-refractivity contribution in [2.75, 3.05) is 19.3 Å². The minimum Gasteiger partial charge on any atom is -0.339 e. The van der Waals surface area contributed by atoms with Gasteiger partial charge >= 0.3 is 0 Å². The van der Waals surface area contributed by atoms with Gasteiger partial charge in [-0.1, -0.05) is 6.42 Å². The third-order valence-corrected chi connectivity index (χ3v) is 6.98. The zero-order valence-electron chi connectivity index (χ0n) is 13.5. The standard InChI is InChI=1S/C16H24N2O3S2/c1-23(20,21)18(14-4-2-5-14)15-6-3-9-17(10-7-15)16(19)13-8-11-22-12-13/h8,11-12,14-15H,2-7,9-10H2,1H3/t15-/m1/s1. The van der Waals surface area contributed by atoms with Gasteiger partial charge in [-0.3, -0.25) is 4.79 Å². The first kappa shape index (κ1) is 16.9. The van der Waals surface area contributed by atoms with Gasteiger partial charge < -0.3 is 4.90 Å². The van der Waals surface area contributed by atoms with Gasteiger partial charge in [-0.05, 0) is 43.6 Å². The zero-order valence-corrected chi connectivity index (χ0v) is 15.1. The van der Waals surface area contributed by atoms with Crippen LogP contribution in [0.2, 0.25) is 0 Å². The molecule has 23 heavy (non-hydrogen) atoms. The van der Waals surface area contributed by atoms with Crippen molar-refractivity contribution < 1.29 is 13.2 Å². The number of hydrogen-bond acceptors (Lipinski definition) is 4. The van der Waals surface area contributed by atoms with E-state index in [9.17, 15) is 13.2 Å². The SMILES string of the molecule is CS(=O)(=O)N(C1CCC1)[C@@H]1CCCN(C(=O)c2ccsc2)CC1. The molecule has 1 aliphatic carbocycles. The fourth-order valence-corrected chi connectivity index (χ4v) is 5.72. The van der Waals surface area contributed by atoms with Crippen molar-refractivity contribution in [1.29, 1.82) is 0 Å². The first-order chi connectivity index (χ1) is 11.0. The average molecular weight is 357 g/mol. The number of carbonyl (C=O) groups excluding carboxylic acids is 1. The van der Waals surface area contributed by atoms with Crippen LogP contribution in [0.5, 0.6) is 0 Å². The predicted octanol–water partition coefficient (Wildman–Crippen LogP) is 2.56. The van der Waals surface area contributed by atoms with E-state index in [0.29, 0.717) is 13.1 Å². The second-order valence-corrected chi connectivity index (χ2v) is 9.23. The molecule has 5 nitrogen and oxygen atoms in total. The van der Waals surface area contributed by atoms with E-state index < -0.39 is 10.0 Å². The summed E-state index contributed by atoms with van der Waals surface area (Å²) in [4.78, 5) is 14.4. The molecule has 0 bridgehead atoms. The Bertz CT molecular complexity index is 638. The molecule has 2 fully saturated rings. The van der Waals surface area contributed by atoms with Crippen LogP contribution in [-0.2, 0) is 10.0 Å². The van der Waals surface area contributed by atoms with Gasteiger partial charge in [0.05, 0.1) is 11.8 Å². The van der Waals surface area contributed by atoms with Crippen LogP contribution in [0.25, 0.3) is 0 Å². The van der Waals surface area contributed by atoms with Gasteiger partial charge in [-0.15, -0.1) is 0 Å². The van der Waals surface area contributed by atoms with Crippen LogP contribution in [0.15, 0.2) is 16.8 Å². The number of amides is 1. The average Bonchev–Trinajstić information content (AvgIpc) is 2.86. The summed E-state index contributed by atoms with van der Waals surface area (Å²) in [6, 6.07) is 2.07. The van der Waals surface area contributed by atoms with Crippen LogP contribution in [0.1, 0.15) is 48.9 Å². The second-order valence-electron chi connectivity index (χ2n) is 6.57. The normalized spacial score (nSPS) is 23.6. The number of hydrogen-bond donors (Lipinski definition) is 0. The molecule has 2 aliphatic rings. The number of nitrogens with zero attached hydrogens (tertiary/aromatic N) is 2. The summed E-state index contributed by atoms with van der Waals surface area (Å²) < 4.78 is 26.2. The topological polar surface area (TPSA) is 57.7 Å². The van der Waals surface area contributed by atoms with Gasteiger partial charge in [0.15, 0.2) is 0 Å². The number of likely N-dealkylation sites (tertiary alicyclic amines) is 1. The Kier molecular flexibility index (Phi) is 5.08. The molecule has 0 radical (unpaired) electrons. The summed E-state index contributed by atoms with van der Waals surface area (Å²) in [5, 5.41) is 3.79. The van der Waals surface area contributed by atoms with Gasteiger partial charge in [0.2, 0.25) is 10.0 Å². The van der Waals surface area contributed by atoms with Crippen LogP contribution in [0.3, 0.4) is 0 Å². The highest BCUT2D eigenvalue weighted by Gasteiger charge is 2.37. The lowest BCUT2D eigenvalue weighted by Gasteiger charge is -2.40. The maximum Gasteiger partial charge on any atom is 0.254 e. The molecular weight excluding hydrogens is 332 g/mol. The predicted molar refractivity (Wildman–Crippen MR) is 92.2 cm³/mol. The molecule has 2 heterocycles. The molecule has 1 amide bonds. The van der Waals surface area contributed by atoms with Crippen LogP contribution in [-0.4, -0.2) is 55.0 Å². The van der Waals surface area contributed by atoms with Gasteiger partial charge in [-0.25, -0.2) is 8.42 Å². The molecule has 0 spiro atoms. The molecular formula is C16H24N2O3S2. The maximum atomic E-state index is 12.5. The second kappa shape index (κ2) is 6.91. The Morgan fingerprint density at radius 1 is 1.17 bits per heavy atom. The fraction of sp³-hybridized carbons (Fsp3) is 0.688. The van der Waals surface area contributed by atoms with Gasteiger partial charge in [0.1, 0.15) is 0 Å². The first-order valence-electron chi connectivity index (χ1n) is 8.27. The van der Waals surface area contributed by atoms with E-state index in [-0.39, 0.29) is 18.0 Å². The highest BCUT2D eigenvalue weighted by Crippen LogP contribution is 2.32. The number of rotatable bonds is 4. The van der Waals surface area contributed by atoms with Gasteiger partial charge in [0.25, 0.3) is 5.91 Å². The van der Waals surface area contributed by atoms with E-state index in [1.54, 1.807) is 4.31 Å². The molecule has 3 rings (SSSR count). The lowest BCUT2D eigenvalue weighted by atomic mass is 9.91. The Hall–Kier alpha value is -0.920. The number of thiophene rings is 1. The molecule has 0 N–H and O–H groups in total. The molecule has 1 aromatic rings. The molecule has 1 atom stereocenters. The van der Waals surface area contributed by atoms with Crippen molar-refractivity contribution in [2.24, 2.45) is 0 Å². The largest absolute Gasteiger partial charge is 0.339 e. The Morgan fingerprint density at radius 2 is 1.87 bits per heavy atom. The van der Waals surface area contributed by atoms with E-state index in [4.69, 9.17) is 0 Å². The monoisotopic (exact) mass is 356 g/mol. The van der Waals surface area contributed by atoms with Gasteiger partial charge in [0, 0.05) is 30.6 Å². The number of sulfonamides is 1. The minimum absolute atomic E-state index is 0.0376. The highest BCUT2D eigenvalue weighted by molar-refractivity contribution is 7.88. The lowest BCUT2D eigenvalue weighted by molar-refractivity contribution is 0.0758. The molecule has 7 heteroatoms. The van der Waals surface area contributed by atoms with Crippen LogP contribution in [0, 0.1) is 0 Å². The first-order valence-corrected chi connectivity index (χ1v) is 11.1. The minimum atomic E-state index is -3.19. The molecule has 0 aromatic carbocycles. The van der Waals surface area contributed by atoms with Crippen molar-refractivity contribution in [3.8, 4) is 0 Å². The van der Waals surface area contributed by atoms with Crippen molar-refractivity contribution in [2.45, 2.75) is 50.6 Å². The zero-order chi connectivity index (χ0) is 16.4. The fourth-order valence-electron chi connectivity index (χ4n) is 3.59. The van der Waals surface area contributed by atoms with E-state index in [2.05, 4.69) is 0 Å². The van der Waals surface area contributed by atoms with Crippen molar-refractivity contribution in [3.05, 3.63) is 22.4 Å². The summed E-state index contributed by atoms with van der Waals surface area (Å²) in [5.41, 5.74) is 0.743. The van der Waals surface area contributed by atoms with E-state index in [1.165, 1.54) is 17.6 Å². The third kappa shape index (κ3) is 3.78. The Balaban J connectivity index is 1.69. The third-order valence-electron chi connectivity index (χ3n) is 4.93. The summed E-state index contributed by atoms with van der Waals surface area (Å²) in [6.07, 6.45) is 6.83. The van der Waals surface area contributed by atoms with Crippen molar-refractivity contribution >= 4 is 27.3 Å². The molecule has 1 saturated heterocycles. The Labute approximate surface area is 142 Å². The maximum absolute atomic E-state index is 12.5. The summed E-state index contributed by atoms with van der Waals surface area (Å²) in [7, 11) is -3.19. The molecule has 128 valence electrons. The quantitative estimate of drug-likeness (QED) is 0.833. The Morgan fingerprint density at radius 3 is 2.43 bits per heavy atom. The van der Waals surface area contributed by atoms with Crippen LogP contribution in [0.4, 0.5) is 0 Å². The number of carbonyl (C=O) groups is 1. The smallest absolute Gasteiger partial charge is 0.254 e. The molecule has 1 aromatic heterocycles. The molecule has 1 aliphatic heterocycles. The lowest BCUT2D eigenvalue weighted by Crippen LogP contribution is -2.49. The van der Waals surface area contributed by atoms with E-state index in [1.807, 2.05) is 21.7 Å². The summed E-state index contributed by atoms with van der Waals surface area (Å²) in [5.74, 6) is 0.0708. The van der Waals surface area contributed by atoms with E-state index >= 15 is 0 Å². The van der Waals surface area contributed by atoms with Crippen molar-refractivity contribution in [1.82, 2.24) is 9.21 Å². The van der Waals surface area contributed by atoms with E-state index in [0.717, 1.165) is 44.1 Å².